The van der Waals surface area contributed by atoms with Crippen LogP contribution in [0.5, 0.6) is 0 Å². The van der Waals surface area contributed by atoms with Crippen molar-refractivity contribution in [3.05, 3.63) is 106 Å². The topological polar surface area (TPSA) is 71.4 Å². The predicted molar refractivity (Wildman–Crippen MR) is 129 cm³/mol. The number of benzene rings is 2. The molecule has 0 spiro atoms. The van der Waals surface area contributed by atoms with Crippen LogP contribution in [-0.4, -0.2) is 40.9 Å². The first kappa shape index (κ1) is 22.5. The van der Waals surface area contributed by atoms with Gasteiger partial charge < -0.3 is 14.8 Å². The second-order valence-corrected chi connectivity index (χ2v) is 8.43. The first-order chi connectivity index (χ1) is 16.1. The average molecular weight is 444 g/mol. The Morgan fingerprint density at radius 2 is 1.64 bits per heavy atom. The van der Waals surface area contributed by atoms with Gasteiger partial charge in [0.25, 0.3) is 11.8 Å². The third kappa shape index (κ3) is 5.22. The van der Waals surface area contributed by atoms with E-state index in [1.54, 1.807) is 28.8 Å². The molecule has 1 aliphatic heterocycles. The molecule has 0 radical (unpaired) electrons. The summed E-state index contributed by atoms with van der Waals surface area (Å²) in [6, 6.07) is 19.9. The fourth-order valence-electron chi connectivity index (χ4n) is 4.42. The number of rotatable bonds is 6. The number of hydrogen-bond donors (Lipinski definition) is 1. The number of pyridine rings is 1. The van der Waals surface area contributed by atoms with Gasteiger partial charge in [0, 0.05) is 44.5 Å². The number of piperidine rings is 1. The standard InChI is InChI=1S/C27H29N3O3/c1-2-28-26(32)23-18-29(16-20-10-5-3-6-11-20)19-24(25(23)31)27(33)30-15-9-14-22(17-30)21-12-7-4-8-13-21/h3-8,10-13,18-19,22H,2,9,14-17H2,1H3,(H,28,32). The number of hydrogen-bond acceptors (Lipinski definition) is 3. The molecule has 4 rings (SSSR count). The molecule has 1 N–H and O–H groups in total. The zero-order valence-electron chi connectivity index (χ0n) is 18.9. The van der Waals surface area contributed by atoms with Crippen molar-refractivity contribution in [2.75, 3.05) is 19.6 Å². The van der Waals surface area contributed by atoms with Crippen molar-refractivity contribution in [1.29, 1.82) is 0 Å². The number of nitrogens with zero attached hydrogens (tertiary/aromatic N) is 2. The van der Waals surface area contributed by atoms with Gasteiger partial charge in [0.05, 0.1) is 0 Å². The molecule has 1 unspecified atom stereocenters. The molecule has 170 valence electrons. The van der Waals surface area contributed by atoms with E-state index in [-0.39, 0.29) is 23.0 Å². The molecule has 1 fully saturated rings. The summed E-state index contributed by atoms with van der Waals surface area (Å²) in [7, 11) is 0. The van der Waals surface area contributed by atoms with Crippen molar-refractivity contribution in [2.45, 2.75) is 32.2 Å². The van der Waals surface area contributed by atoms with Crippen LogP contribution in [0, 0.1) is 0 Å². The van der Waals surface area contributed by atoms with Gasteiger partial charge in [-0.1, -0.05) is 60.7 Å². The van der Waals surface area contributed by atoms with E-state index in [9.17, 15) is 14.4 Å². The largest absolute Gasteiger partial charge is 0.352 e. The summed E-state index contributed by atoms with van der Waals surface area (Å²) in [5, 5.41) is 2.69. The number of likely N-dealkylation sites (tertiary alicyclic amines) is 1. The highest BCUT2D eigenvalue weighted by Gasteiger charge is 2.28. The van der Waals surface area contributed by atoms with Gasteiger partial charge in [0.15, 0.2) is 0 Å². The zero-order chi connectivity index (χ0) is 23.2. The SMILES string of the molecule is CCNC(=O)c1cn(Cc2ccccc2)cc(C(=O)N2CCCC(c3ccccc3)C2)c1=O. The third-order valence-electron chi connectivity index (χ3n) is 6.08. The molecule has 3 aromatic rings. The van der Waals surface area contributed by atoms with Crippen molar-refractivity contribution in [3.63, 3.8) is 0 Å². The lowest BCUT2D eigenvalue weighted by Gasteiger charge is -2.33. The van der Waals surface area contributed by atoms with Crippen LogP contribution in [0.25, 0.3) is 0 Å². The molecule has 0 saturated carbocycles. The van der Waals surface area contributed by atoms with E-state index in [1.807, 2.05) is 48.5 Å². The van der Waals surface area contributed by atoms with Crippen molar-refractivity contribution in [3.8, 4) is 0 Å². The minimum Gasteiger partial charge on any atom is -0.352 e. The Hall–Kier alpha value is -3.67. The first-order valence-electron chi connectivity index (χ1n) is 11.5. The van der Waals surface area contributed by atoms with E-state index >= 15 is 0 Å². The molecule has 2 heterocycles. The van der Waals surface area contributed by atoms with Gasteiger partial charge in [-0.2, -0.15) is 0 Å². The van der Waals surface area contributed by atoms with Crippen molar-refractivity contribution in [1.82, 2.24) is 14.8 Å². The van der Waals surface area contributed by atoms with Gasteiger partial charge in [0.2, 0.25) is 5.43 Å². The molecule has 6 nitrogen and oxygen atoms in total. The fraction of sp³-hybridized carbons (Fsp3) is 0.296. The maximum atomic E-state index is 13.5. The number of nitrogens with one attached hydrogen (secondary N) is 1. The molecular formula is C27H29N3O3. The Morgan fingerprint density at radius 3 is 2.33 bits per heavy atom. The Kier molecular flexibility index (Phi) is 7.03. The minimum atomic E-state index is -0.517. The zero-order valence-corrected chi connectivity index (χ0v) is 18.9. The maximum Gasteiger partial charge on any atom is 0.259 e. The van der Waals surface area contributed by atoms with E-state index in [1.165, 1.54) is 5.56 Å². The van der Waals surface area contributed by atoms with Crippen LogP contribution in [0.3, 0.4) is 0 Å². The smallest absolute Gasteiger partial charge is 0.259 e. The quantitative estimate of drug-likeness (QED) is 0.632. The van der Waals surface area contributed by atoms with Gasteiger partial charge in [-0.15, -0.1) is 0 Å². The molecule has 1 aromatic heterocycles. The monoisotopic (exact) mass is 443 g/mol. The Labute approximate surface area is 193 Å². The van der Waals surface area contributed by atoms with Gasteiger partial charge in [-0.25, -0.2) is 0 Å². The minimum absolute atomic E-state index is 0.00440. The lowest BCUT2D eigenvalue weighted by atomic mass is 9.90. The van der Waals surface area contributed by atoms with Crippen LogP contribution in [0.1, 0.15) is 57.5 Å². The fourth-order valence-corrected chi connectivity index (χ4v) is 4.42. The molecule has 0 bridgehead atoms. The molecule has 6 heteroatoms. The lowest BCUT2D eigenvalue weighted by molar-refractivity contribution is 0.0705. The number of amides is 2. The second-order valence-electron chi connectivity index (χ2n) is 8.43. The highest BCUT2D eigenvalue weighted by Crippen LogP contribution is 2.27. The number of carbonyl (C=O) groups excluding carboxylic acids is 2. The van der Waals surface area contributed by atoms with Crippen LogP contribution in [0.15, 0.2) is 77.9 Å². The predicted octanol–water partition coefficient (Wildman–Crippen LogP) is 3.67. The van der Waals surface area contributed by atoms with Gasteiger partial charge in [-0.05, 0) is 30.9 Å². The lowest BCUT2D eigenvalue weighted by Crippen LogP contribution is -2.42. The van der Waals surface area contributed by atoms with Crippen LogP contribution in [0.4, 0.5) is 0 Å². The Balaban J connectivity index is 1.66. The van der Waals surface area contributed by atoms with Gasteiger partial charge >= 0.3 is 0 Å². The van der Waals surface area contributed by atoms with E-state index in [4.69, 9.17) is 0 Å². The molecule has 1 saturated heterocycles. The molecule has 0 aliphatic carbocycles. The van der Waals surface area contributed by atoms with Crippen LogP contribution < -0.4 is 10.7 Å². The van der Waals surface area contributed by atoms with Crippen molar-refractivity contribution in [2.24, 2.45) is 0 Å². The summed E-state index contributed by atoms with van der Waals surface area (Å²) in [6.45, 7) is 3.82. The van der Waals surface area contributed by atoms with Gasteiger partial charge in [-0.3, -0.25) is 14.4 Å². The highest BCUT2D eigenvalue weighted by molar-refractivity contribution is 5.99. The summed E-state index contributed by atoms with van der Waals surface area (Å²) in [5.74, 6) is -0.532. The molecule has 1 aliphatic rings. The van der Waals surface area contributed by atoms with Crippen LogP contribution >= 0.6 is 0 Å². The second kappa shape index (κ2) is 10.3. The van der Waals surface area contributed by atoms with Gasteiger partial charge in [0.1, 0.15) is 11.1 Å². The normalized spacial score (nSPS) is 15.8. The van der Waals surface area contributed by atoms with Crippen LogP contribution in [-0.2, 0) is 6.54 Å². The molecule has 2 aromatic carbocycles. The molecule has 1 atom stereocenters. The van der Waals surface area contributed by atoms with E-state index in [0.29, 0.717) is 26.2 Å². The molecule has 2 amide bonds. The summed E-state index contributed by atoms with van der Waals surface area (Å²) >= 11 is 0. The van der Waals surface area contributed by atoms with E-state index in [2.05, 4.69) is 17.4 Å². The summed E-state index contributed by atoms with van der Waals surface area (Å²) in [5.41, 5.74) is 1.74. The first-order valence-corrected chi connectivity index (χ1v) is 11.5. The Morgan fingerprint density at radius 1 is 0.970 bits per heavy atom. The van der Waals surface area contributed by atoms with Crippen molar-refractivity contribution < 1.29 is 9.59 Å². The Bertz CT molecular complexity index is 1170. The summed E-state index contributed by atoms with van der Waals surface area (Å²) < 4.78 is 1.76. The van der Waals surface area contributed by atoms with E-state index < -0.39 is 11.3 Å². The highest BCUT2D eigenvalue weighted by atomic mass is 16.2. The maximum absolute atomic E-state index is 13.5. The molecule has 33 heavy (non-hydrogen) atoms. The molecular weight excluding hydrogens is 414 g/mol. The van der Waals surface area contributed by atoms with E-state index in [0.717, 1.165) is 18.4 Å². The van der Waals surface area contributed by atoms with Crippen molar-refractivity contribution >= 4 is 11.8 Å². The van der Waals surface area contributed by atoms with Crippen LogP contribution in [0.2, 0.25) is 0 Å². The summed E-state index contributed by atoms with van der Waals surface area (Å²) in [4.78, 5) is 41.1. The summed E-state index contributed by atoms with van der Waals surface area (Å²) in [6.07, 6.45) is 5.01. The number of carbonyl (C=O) groups is 2. The average Bonchev–Trinajstić information content (AvgIpc) is 2.86. The third-order valence-corrected chi connectivity index (χ3v) is 6.08. The number of aromatic nitrogens is 1.